The van der Waals surface area contributed by atoms with Crippen LogP contribution in [0.4, 0.5) is 8.78 Å². The molecule has 0 saturated carbocycles. The van der Waals surface area contributed by atoms with Gasteiger partial charge in [-0.15, -0.1) is 0 Å². The van der Waals surface area contributed by atoms with Crippen molar-refractivity contribution in [3.8, 4) is 0 Å². The lowest BCUT2D eigenvalue weighted by Crippen LogP contribution is -2.37. The van der Waals surface area contributed by atoms with Crippen LogP contribution in [0.5, 0.6) is 0 Å². The van der Waals surface area contributed by atoms with Gasteiger partial charge in [0.1, 0.15) is 16.8 Å². The third kappa shape index (κ3) is 2.96. The molecule has 0 aliphatic carbocycles. The van der Waals surface area contributed by atoms with E-state index in [1.165, 1.54) is 6.92 Å². The van der Waals surface area contributed by atoms with Crippen LogP contribution in [-0.4, -0.2) is 9.55 Å². The zero-order valence-corrected chi connectivity index (χ0v) is 11.3. The van der Waals surface area contributed by atoms with Crippen LogP contribution < -0.4 is 11.2 Å². The van der Waals surface area contributed by atoms with Crippen molar-refractivity contribution >= 4 is 11.6 Å². The van der Waals surface area contributed by atoms with Crippen molar-refractivity contribution in [2.24, 2.45) is 0 Å². The molecule has 4 nitrogen and oxygen atoms in total. The minimum atomic E-state index is -0.700. The fourth-order valence-electron chi connectivity index (χ4n) is 1.84. The molecular weight excluding hydrogens is 290 g/mol. The van der Waals surface area contributed by atoms with E-state index in [2.05, 4.69) is 4.98 Å². The summed E-state index contributed by atoms with van der Waals surface area (Å²) in [5.74, 6) is -1.40. The lowest BCUT2D eigenvalue weighted by Gasteiger charge is -2.07. The molecule has 0 radical (unpaired) electrons. The molecular formula is C13H11ClF2N2O2. The number of H-pyrrole nitrogens is 1. The van der Waals surface area contributed by atoms with Crippen molar-refractivity contribution < 1.29 is 8.78 Å². The molecule has 1 aromatic heterocycles. The number of aromatic amines is 1. The molecule has 0 aliphatic heterocycles. The predicted molar refractivity (Wildman–Crippen MR) is 71.1 cm³/mol. The number of nitrogens with one attached hydrogen (secondary N) is 1. The van der Waals surface area contributed by atoms with Gasteiger partial charge >= 0.3 is 5.69 Å². The van der Waals surface area contributed by atoms with Crippen LogP contribution in [0.15, 0.2) is 27.8 Å². The van der Waals surface area contributed by atoms with Gasteiger partial charge in [-0.25, -0.2) is 13.6 Å². The summed E-state index contributed by atoms with van der Waals surface area (Å²) < 4.78 is 27.0. The highest BCUT2D eigenvalue weighted by Crippen LogP contribution is 2.09. The van der Waals surface area contributed by atoms with Crippen LogP contribution >= 0.6 is 11.6 Å². The van der Waals surface area contributed by atoms with E-state index < -0.39 is 22.9 Å². The fourth-order valence-corrected chi connectivity index (χ4v) is 2.00. The minimum absolute atomic E-state index is 0.00644. The number of nitrogens with zero attached hydrogens (tertiary/aromatic N) is 1. The van der Waals surface area contributed by atoms with Crippen molar-refractivity contribution in [1.29, 1.82) is 0 Å². The van der Waals surface area contributed by atoms with Crippen molar-refractivity contribution in [3.05, 3.63) is 67.0 Å². The van der Waals surface area contributed by atoms with Crippen molar-refractivity contribution in [3.63, 3.8) is 0 Å². The molecule has 106 valence electrons. The normalized spacial score (nSPS) is 10.8. The monoisotopic (exact) mass is 300 g/mol. The smallest absolute Gasteiger partial charge is 0.297 e. The van der Waals surface area contributed by atoms with Crippen LogP contribution in [0.2, 0.25) is 5.15 Å². The number of aromatic nitrogens is 2. The Morgan fingerprint density at radius 2 is 1.80 bits per heavy atom. The maximum absolute atomic E-state index is 13.0. The third-order valence-electron chi connectivity index (χ3n) is 2.90. The van der Waals surface area contributed by atoms with E-state index in [-0.39, 0.29) is 23.7 Å². The molecule has 1 heterocycles. The first-order valence-electron chi connectivity index (χ1n) is 5.82. The minimum Gasteiger partial charge on any atom is -0.297 e. The summed E-state index contributed by atoms with van der Waals surface area (Å²) in [5, 5.41) is -0.00644. The highest BCUT2D eigenvalue weighted by Gasteiger charge is 2.09. The van der Waals surface area contributed by atoms with Gasteiger partial charge in [-0.3, -0.25) is 14.3 Å². The summed E-state index contributed by atoms with van der Waals surface area (Å²) in [6.07, 6.45) is 0.152. The van der Waals surface area contributed by atoms with E-state index in [0.29, 0.717) is 5.56 Å². The molecule has 2 rings (SSSR count). The second-order valence-corrected chi connectivity index (χ2v) is 4.73. The lowest BCUT2D eigenvalue weighted by atomic mass is 10.1. The Hall–Kier alpha value is -1.95. The van der Waals surface area contributed by atoms with E-state index in [9.17, 15) is 18.4 Å². The number of hydrogen-bond donors (Lipinski definition) is 1. The summed E-state index contributed by atoms with van der Waals surface area (Å²) >= 11 is 5.68. The molecule has 0 amide bonds. The third-order valence-corrected chi connectivity index (χ3v) is 3.28. The average molecular weight is 301 g/mol. The molecule has 0 fully saturated rings. The van der Waals surface area contributed by atoms with Crippen LogP contribution in [-0.2, 0) is 13.0 Å². The van der Waals surface area contributed by atoms with Gasteiger partial charge in [-0.05, 0) is 31.0 Å². The van der Waals surface area contributed by atoms with Crippen LogP contribution in [0.3, 0.4) is 0 Å². The SMILES string of the molecule is Cc1c(Cl)[nH]c(=O)n(CCc2cc(F)cc(F)c2)c1=O. The Bertz CT molecular complexity index is 748. The predicted octanol–water partition coefficient (Wildman–Crippen LogP) is 2.02. The van der Waals surface area contributed by atoms with E-state index in [0.717, 1.165) is 22.8 Å². The van der Waals surface area contributed by atoms with Crippen LogP contribution in [0.25, 0.3) is 0 Å². The number of halogens is 3. The molecule has 0 atom stereocenters. The molecule has 2 aromatic rings. The zero-order valence-electron chi connectivity index (χ0n) is 10.5. The molecule has 7 heteroatoms. The number of hydrogen-bond acceptors (Lipinski definition) is 2. The first kappa shape index (κ1) is 14.5. The Labute approximate surface area is 117 Å². The molecule has 1 N–H and O–H groups in total. The number of aryl methyl sites for hydroxylation is 1. The van der Waals surface area contributed by atoms with Gasteiger partial charge in [-0.2, -0.15) is 0 Å². The standard InChI is InChI=1S/C13H11ClF2N2O2/c1-7-11(14)17-13(20)18(12(7)19)3-2-8-4-9(15)6-10(16)5-8/h4-6H,2-3H2,1H3,(H,17,20). The Morgan fingerprint density at radius 1 is 1.20 bits per heavy atom. The first-order valence-corrected chi connectivity index (χ1v) is 6.20. The van der Waals surface area contributed by atoms with Gasteiger partial charge in [0.25, 0.3) is 5.56 Å². The van der Waals surface area contributed by atoms with Crippen LogP contribution in [0.1, 0.15) is 11.1 Å². The van der Waals surface area contributed by atoms with Gasteiger partial charge < -0.3 is 0 Å². The maximum atomic E-state index is 13.0. The second-order valence-electron chi connectivity index (χ2n) is 4.35. The Kier molecular flexibility index (Phi) is 4.04. The van der Waals surface area contributed by atoms with Crippen molar-refractivity contribution in [1.82, 2.24) is 9.55 Å². The summed E-state index contributed by atoms with van der Waals surface area (Å²) in [6, 6.07) is 3.07. The molecule has 1 aromatic carbocycles. The molecule has 0 aliphatic rings. The van der Waals surface area contributed by atoms with E-state index in [4.69, 9.17) is 11.6 Å². The maximum Gasteiger partial charge on any atom is 0.329 e. The van der Waals surface area contributed by atoms with Gasteiger partial charge in [0.05, 0.1) is 0 Å². The Morgan fingerprint density at radius 3 is 2.40 bits per heavy atom. The largest absolute Gasteiger partial charge is 0.329 e. The second kappa shape index (κ2) is 5.58. The summed E-state index contributed by atoms with van der Waals surface area (Å²) in [4.78, 5) is 25.9. The molecule has 0 spiro atoms. The molecule has 20 heavy (non-hydrogen) atoms. The molecule has 0 unspecified atom stereocenters. The van der Waals surface area contributed by atoms with Gasteiger partial charge in [0.2, 0.25) is 0 Å². The highest BCUT2D eigenvalue weighted by atomic mass is 35.5. The molecule has 0 bridgehead atoms. The molecule has 0 saturated heterocycles. The first-order chi connectivity index (χ1) is 9.38. The topological polar surface area (TPSA) is 54.9 Å². The van der Waals surface area contributed by atoms with Crippen molar-refractivity contribution in [2.45, 2.75) is 19.9 Å². The average Bonchev–Trinajstić information content (AvgIpc) is 2.35. The Balaban J connectivity index is 2.30. The number of rotatable bonds is 3. The van der Waals surface area contributed by atoms with E-state index >= 15 is 0 Å². The van der Waals surface area contributed by atoms with Gasteiger partial charge in [-0.1, -0.05) is 11.6 Å². The lowest BCUT2D eigenvalue weighted by molar-refractivity contribution is 0.572. The van der Waals surface area contributed by atoms with E-state index in [1.54, 1.807) is 0 Å². The summed E-state index contributed by atoms with van der Waals surface area (Å²) in [7, 11) is 0. The van der Waals surface area contributed by atoms with E-state index in [1.807, 2.05) is 0 Å². The zero-order chi connectivity index (χ0) is 14.9. The van der Waals surface area contributed by atoms with Gasteiger partial charge in [0.15, 0.2) is 0 Å². The quantitative estimate of drug-likeness (QED) is 0.882. The summed E-state index contributed by atoms with van der Waals surface area (Å²) in [5.41, 5.74) is -0.587. The van der Waals surface area contributed by atoms with Crippen LogP contribution in [0, 0.1) is 18.6 Å². The van der Waals surface area contributed by atoms with Crippen molar-refractivity contribution in [2.75, 3.05) is 0 Å². The number of benzene rings is 1. The fraction of sp³-hybridized carbons (Fsp3) is 0.231. The van der Waals surface area contributed by atoms with Gasteiger partial charge in [0, 0.05) is 18.2 Å². The highest BCUT2D eigenvalue weighted by molar-refractivity contribution is 6.30. The summed E-state index contributed by atoms with van der Waals surface area (Å²) in [6.45, 7) is 1.49.